The number of amidine groups is 1. The second kappa shape index (κ2) is 6.73. The highest BCUT2D eigenvalue weighted by molar-refractivity contribution is 8.13. The summed E-state index contributed by atoms with van der Waals surface area (Å²) in [5.41, 5.74) is 8.81. The fraction of sp³-hybridized carbons (Fsp3) is 0.333. The number of carbonyl (C=O) groups excluding carboxylic acids is 1. The number of benzene rings is 1. The lowest BCUT2D eigenvalue weighted by atomic mass is 9.88. The SMILES string of the molecule is Cc1cnc(C(=O)Cc2cccc(C3(C)CCSC(N)=N3)c2)cn1. The van der Waals surface area contributed by atoms with Gasteiger partial charge in [-0.25, -0.2) is 4.98 Å². The van der Waals surface area contributed by atoms with E-state index < -0.39 is 0 Å². The van der Waals surface area contributed by atoms with E-state index in [9.17, 15) is 4.79 Å². The van der Waals surface area contributed by atoms with Gasteiger partial charge in [0.1, 0.15) is 5.69 Å². The quantitative estimate of drug-likeness (QED) is 0.866. The van der Waals surface area contributed by atoms with Gasteiger partial charge in [-0.05, 0) is 31.4 Å². The fourth-order valence-corrected chi connectivity index (χ4v) is 3.70. The van der Waals surface area contributed by atoms with Crippen molar-refractivity contribution in [2.75, 3.05) is 5.75 Å². The molecule has 1 atom stereocenters. The highest BCUT2D eigenvalue weighted by Gasteiger charge is 2.29. The molecule has 1 aromatic heterocycles. The first kappa shape index (κ1) is 16.6. The zero-order chi connectivity index (χ0) is 17.2. The van der Waals surface area contributed by atoms with Gasteiger partial charge in [-0.1, -0.05) is 36.0 Å². The number of hydrogen-bond donors (Lipinski definition) is 1. The minimum atomic E-state index is -0.321. The Morgan fingerprint density at radius 3 is 2.88 bits per heavy atom. The Balaban J connectivity index is 1.82. The molecule has 124 valence electrons. The molecule has 0 aliphatic carbocycles. The molecule has 5 nitrogen and oxygen atoms in total. The molecule has 24 heavy (non-hydrogen) atoms. The van der Waals surface area contributed by atoms with Crippen LogP contribution in [0.3, 0.4) is 0 Å². The normalized spacial score (nSPS) is 20.5. The molecule has 2 heterocycles. The second-order valence-corrected chi connectivity index (χ2v) is 7.28. The topological polar surface area (TPSA) is 81.2 Å². The first-order valence-electron chi connectivity index (χ1n) is 7.86. The third kappa shape index (κ3) is 3.64. The maximum absolute atomic E-state index is 12.4. The molecule has 1 aliphatic rings. The van der Waals surface area contributed by atoms with Crippen LogP contribution in [0.15, 0.2) is 41.7 Å². The third-order valence-corrected chi connectivity index (χ3v) is 4.97. The Bertz CT molecular complexity index is 788. The molecular formula is C18H20N4OS. The van der Waals surface area contributed by atoms with E-state index in [1.54, 1.807) is 18.0 Å². The van der Waals surface area contributed by atoms with Crippen molar-refractivity contribution in [3.05, 3.63) is 59.2 Å². The van der Waals surface area contributed by atoms with Crippen molar-refractivity contribution in [3.8, 4) is 0 Å². The summed E-state index contributed by atoms with van der Waals surface area (Å²) in [6.45, 7) is 3.94. The highest BCUT2D eigenvalue weighted by atomic mass is 32.2. The number of ketones is 1. The van der Waals surface area contributed by atoms with Gasteiger partial charge < -0.3 is 5.73 Å². The minimum absolute atomic E-state index is 0.0352. The molecule has 0 saturated heterocycles. The summed E-state index contributed by atoms with van der Waals surface area (Å²) in [5.74, 6) is 0.917. The van der Waals surface area contributed by atoms with E-state index in [0.717, 1.165) is 29.0 Å². The molecule has 0 spiro atoms. The Morgan fingerprint density at radius 1 is 1.33 bits per heavy atom. The smallest absolute Gasteiger partial charge is 0.187 e. The molecule has 0 radical (unpaired) electrons. The number of nitrogens with two attached hydrogens (primary N) is 1. The van der Waals surface area contributed by atoms with Gasteiger partial charge in [-0.2, -0.15) is 0 Å². The Labute approximate surface area is 145 Å². The van der Waals surface area contributed by atoms with Crippen molar-refractivity contribution in [3.63, 3.8) is 0 Å². The molecule has 6 heteroatoms. The zero-order valence-corrected chi connectivity index (χ0v) is 14.6. The number of hydrogen-bond acceptors (Lipinski definition) is 6. The van der Waals surface area contributed by atoms with Crippen molar-refractivity contribution >= 4 is 22.7 Å². The molecule has 1 aliphatic heterocycles. The largest absolute Gasteiger partial charge is 0.379 e. The predicted octanol–water partition coefficient (Wildman–Crippen LogP) is 2.88. The van der Waals surface area contributed by atoms with Crippen LogP contribution in [0.4, 0.5) is 0 Å². The van der Waals surface area contributed by atoms with E-state index in [4.69, 9.17) is 5.73 Å². The molecule has 3 rings (SSSR count). The number of nitrogens with zero attached hydrogens (tertiary/aromatic N) is 3. The maximum Gasteiger partial charge on any atom is 0.187 e. The number of thioether (sulfide) groups is 1. The van der Waals surface area contributed by atoms with Crippen molar-refractivity contribution in [2.24, 2.45) is 10.7 Å². The number of Topliss-reactive ketones (excluding diaryl/α,β-unsaturated/α-hetero) is 1. The van der Waals surface area contributed by atoms with Crippen molar-refractivity contribution in [1.82, 2.24) is 9.97 Å². The summed E-state index contributed by atoms with van der Waals surface area (Å²) in [6, 6.07) is 8.02. The number of aryl methyl sites for hydroxylation is 1. The van der Waals surface area contributed by atoms with Crippen LogP contribution in [0.25, 0.3) is 0 Å². The van der Waals surface area contributed by atoms with Gasteiger partial charge in [0.2, 0.25) is 0 Å². The summed E-state index contributed by atoms with van der Waals surface area (Å²) >= 11 is 1.59. The fourth-order valence-electron chi connectivity index (χ4n) is 2.72. The molecule has 2 N–H and O–H groups in total. The lowest BCUT2D eigenvalue weighted by molar-refractivity contribution is 0.0987. The minimum Gasteiger partial charge on any atom is -0.379 e. The molecule has 0 saturated carbocycles. The van der Waals surface area contributed by atoms with E-state index in [-0.39, 0.29) is 11.3 Å². The Morgan fingerprint density at radius 2 is 2.17 bits per heavy atom. The lowest BCUT2D eigenvalue weighted by Crippen LogP contribution is -2.28. The summed E-state index contributed by atoms with van der Waals surface area (Å²) in [7, 11) is 0. The molecule has 0 amide bonds. The molecule has 0 bridgehead atoms. The lowest BCUT2D eigenvalue weighted by Gasteiger charge is -2.30. The van der Waals surface area contributed by atoms with Crippen LogP contribution >= 0.6 is 11.8 Å². The summed E-state index contributed by atoms with van der Waals surface area (Å²) in [4.78, 5) is 25.3. The number of aliphatic imine (C=N–C) groups is 1. The maximum atomic E-state index is 12.4. The van der Waals surface area contributed by atoms with Crippen LogP contribution in [0.2, 0.25) is 0 Å². The molecule has 1 aromatic carbocycles. The molecule has 2 aromatic rings. The zero-order valence-electron chi connectivity index (χ0n) is 13.8. The van der Waals surface area contributed by atoms with E-state index >= 15 is 0 Å². The Hall–Kier alpha value is -2.21. The second-order valence-electron chi connectivity index (χ2n) is 6.17. The number of aromatic nitrogens is 2. The summed E-state index contributed by atoms with van der Waals surface area (Å²) in [5, 5.41) is 0.625. The van der Waals surface area contributed by atoms with E-state index in [1.807, 2.05) is 31.2 Å². The van der Waals surface area contributed by atoms with Gasteiger partial charge in [-0.15, -0.1) is 0 Å². The van der Waals surface area contributed by atoms with Crippen molar-refractivity contribution in [2.45, 2.75) is 32.2 Å². The van der Waals surface area contributed by atoms with E-state index in [1.165, 1.54) is 6.20 Å². The molecule has 0 fully saturated rings. The standard InChI is InChI=1S/C18H20N4OS/c1-12-10-21-15(11-20-12)16(23)9-13-4-3-5-14(8-13)18(2)6-7-24-17(19)22-18/h3-5,8,10-11H,6-7,9H2,1-2H3,(H2,19,22). The van der Waals surface area contributed by atoms with Crippen LogP contribution in [-0.2, 0) is 12.0 Å². The monoisotopic (exact) mass is 340 g/mol. The van der Waals surface area contributed by atoms with Gasteiger partial charge >= 0.3 is 0 Å². The third-order valence-electron chi connectivity index (χ3n) is 4.18. The first-order valence-corrected chi connectivity index (χ1v) is 8.84. The van der Waals surface area contributed by atoms with Gasteiger partial charge in [0, 0.05) is 18.4 Å². The van der Waals surface area contributed by atoms with Crippen LogP contribution in [0.5, 0.6) is 0 Å². The predicted molar refractivity (Wildman–Crippen MR) is 97.3 cm³/mol. The number of rotatable bonds is 4. The average Bonchev–Trinajstić information content (AvgIpc) is 2.55. The first-order chi connectivity index (χ1) is 11.5. The van der Waals surface area contributed by atoms with Crippen molar-refractivity contribution in [1.29, 1.82) is 0 Å². The van der Waals surface area contributed by atoms with Gasteiger partial charge in [0.25, 0.3) is 0 Å². The van der Waals surface area contributed by atoms with Gasteiger partial charge in [0.05, 0.1) is 17.4 Å². The van der Waals surface area contributed by atoms with Crippen LogP contribution < -0.4 is 5.73 Å². The van der Waals surface area contributed by atoms with E-state index in [2.05, 4.69) is 21.9 Å². The van der Waals surface area contributed by atoms with Gasteiger partial charge in [-0.3, -0.25) is 14.8 Å². The summed E-state index contributed by atoms with van der Waals surface area (Å²) in [6.07, 6.45) is 4.38. The highest BCUT2D eigenvalue weighted by Crippen LogP contribution is 2.35. The van der Waals surface area contributed by atoms with Gasteiger partial charge in [0.15, 0.2) is 11.0 Å². The molecular weight excluding hydrogens is 320 g/mol. The summed E-state index contributed by atoms with van der Waals surface area (Å²) < 4.78 is 0. The molecule has 1 unspecified atom stereocenters. The Kier molecular flexibility index (Phi) is 4.66. The van der Waals surface area contributed by atoms with Crippen LogP contribution in [0.1, 0.15) is 40.7 Å². The number of carbonyl (C=O) groups is 1. The van der Waals surface area contributed by atoms with E-state index in [0.29, 0.717) is 17.3 Å². The average molecular weight is 340 g/mol. The van der Waals surface area contributed by atoms with Crippen molar-refractivity contribution < 1.29 is 4.79 Å². The van der Waals surface area contributed by atoms with Crippen LogP contribution in [-0.4, -0.2) is 26.7 Å². The van der Waals surface area contributed by atoms with Crippen LogP contribution in [0, 0.1) is 6.92 Å².